The van der Waals surface area contributed by atoms with Gasteiger partial charge in [-0.15, -0.1) is 0 Å². The molecule has 1 heterocycles. The highest BCUT2D eigenvalue weighted by atomic mass is 19.4. The standard InChI is InChI=1S/C15H19F3N2O2/c16-15(17,18)13(19)12-7-4-8-20(9-12)14(21)22-10-11-5-2-1-3-6-11/h1-3,5-6,12-13H,4,7-10,19H2/t12?,13-/m0/s1. The minimum absolute atomic E-state index is 0.0195. The molecule has 22 heavy (non-hydrogen) atoms. The van der Waals surface area contributed by atoms with E-state index in [9.17, 15) is 18.0 Å². The van der Waals surface area contributed by atoms with Gasteiger partial charge in [-0.05, 0) is 18.4 Å². The lowest BCUT2D eigenvalue weighted by molar-refractivity contribution is -0.162. The molecule has 0 saturated carbocycles. The Hall–Kier alpha value is -1.76. The smallest absolute Gasteiger partial charge is 0.410 e. The summed E-state index contributed by atoms with van der Waals surface area (Å²) in [6.07, 6.45) is -4.18. The number of alkyl halides is 3. The molecule has 1 unspecified atom stereocenters. The van der Waals surface area contributed by atoms with Crippen LogP contribution in [-0.4, -0.2) is 36.3 Å². The number of benzene rings is 1. The zero-order valence-electron chi connectivity index (χ0n) is 12.1. The second-order valence-electron chi connectivity index (χ2n) is 5.46. The molecule has 0 aliphatic carbocycles. The van der Waals surface area contributed by atoms with Crippen LogP contribution in [0.15, 0.2) is 30.3 Å². The summed E-state index contributed by atoms with van der Waals surface area (Å²) in [6, 6.07) is 7.21. The topological polar surface area (TPSA) is 55.6 Å². The van der Waals surface area contributed by atoms with Crippen LogP contribution in [0.25, 0.3) is 0 Å². The fraction of sp³-hybridized carbons (Fsp3) is 0.533. The van der Waals surface area contributed by atoms with Gasteiger partial charge in [-0.3, -0.25) is 0 Å². The molecule has 1 aromatic rings. The SMILES string of the molecule is N[C@@H](C1CCCN(C(=O)OCc2ccccc2)C1)C(F)(F)F. The first-order valence-corrected chi connectivity index (χ1v) is 7.16. The lowest BCUT2D eigenvalue weighted by Gasteiger charge is -2.35. The van der Waals surface area contributed by atoms with Gasteiger partial charge < -0.3 is 15.4 Å². The molecule has 0 spiro atoms. The number of nitrogens with zero attached hydrogens (tertiary/aromatic N) is 1. The third-order valence-electron chi connectivity index (χ3n) is 3.81. The maximum absolute atomic E-state index is 12.7. The highest BCUT2D eigenvalue weighted by Gasteiger charge is 2.43. The Balaban J connectivity index is 1.87. The Kier molecular flexibility index (Phi) is 5.28. The van der Waals surface area contributed by atoms with Gasteiger partial charge in [0.1, 0.15) is 12.6 Å². The summed E-state index contributed by atoms with van der Waals surface area (Å²) < 4.78 is 43.2. The van der Waals surface area contributed by atoms with E-state index in [4.69, 9.17) is 10.5 Å². The van der Waals surface area contributed by atoms with Crippen molar-refractivity contribution in [3.05, 3.63) is 35.9 Å². The van der Waals surface area contributed by atoms with E-state index in [1.165, 1.54) is 4.90 Å². The summed E-state index contributed by atoms with van der Waals surface area (Å²) in [5, 5.41) is 0. The minimum Gasteiger partial charge on any atom is -0.445 e. The van der Waals surface area contributed by atoms with Gasteiger partial charge in [0.2, 0.25) is 0 Å². The van der Waals surface area contributed by atoms with E-state index in [0.29, 0.717) is 19.4 Å². The second-order valence-corrected chi connectivity index (χ2v) is 5.46. The van der Waals surface area contributed by atoms with E-state index in [-0.39, 0.29) is 13.2 Å². The van der Waals surface area contributed by atoms with Gasteiger partial charge in [-0.1, -0.05) is 30.3 Å². The summed E-state index contributed by atoms with van der Waals surface area (Å²) >= 11 is 0. The van der Waals surface area contributed by atoms with Crippen molar-refractivity contribution in [3.63, 3.8) is 0 Å². The zero-order chi connectivity index (χ0) is 16.2. The molecule has 1 amide bonds. The first-order valence-electron chi connectivity index (χ1n) is 7.16. The van der Waals surface area contributed by atoms with Gasteiger partial charge in [0.15, 0.2) is 0 Å². The molecule has 2 atom stereocenters. The molecular weight excluding hydrogens is 297 g/mol. The predicted molar refractivity (Wildman–Crippen MR) is 75.0 cm³/mol. The number of hydrogen-bond donors (Lipinski definition) is 1. The molecule has 1 saturated heterocycles. The van der Waals surface area contributed by atoms with Crippen LogP contribution in [0.5, 0.6) is 0 Å². The van der Waals surface area contributed by atoms with Crippen molar-refractivity contribution in [2.75, 3.05) is 13.1 Å². The maximum Gasteiger partial charge on any atom is 0.410 e. The van der Waals surface area contributed by atoms with Crippen LogP contribution in [0.2, 0.25) is 0 Å². The minimum atomic E-state index is -4.44. The van der Waals surface area contributed by atoms with E-state index >= 15 is 0 Å². The number of rotatable bonds is 3. The number of carbonyl (C=O) groups excluding carboxylic acids is 1. The van der Waals surface area contributed by atoms with Crippen molar-refractivity contribution in [2.45, 2.75) is 31.7 Å². The Morgan fingerprint density at radius 3 is 2.68 bits per heavy atom. The van der Waals surface area contributed by atoms with Crippen LogP contribution in [-0.2, 0) is 11.3 Å². The van der Waals surface area contributed by atoms with Crippen LogP contribution >= 0.6 is 0 Å². The van der Waals surface area contributed by atoms with Gasteiger partial charge in [-0.2, -0.15) is 13.2 Å². The summed E-state index contributed by atoms with van der Waals surface area (Å²) in [5.41, 5.74) is 6.08. The van der Waals surface area contributed by atoms with Crippen LogP contribution in [0.1, 0.15) is 18.4 Å². The fourth-order valence-electron chi connectivity index (χ4n) is 2.55. The largest absolute Gasteiger partial charge is 0.445 e. The molecule has 2 rings (SSSR count). The molecule has 0 bridgehead atoms. The van der Waals surface area contributed by atoms with E-state index in [0.717, 1.165) is 5.56 Å². The Bertz CT molecular complexity index is 493. The van der Waals surface area contributed by atoms with Gasteiger partial charge in [0, 0.05) is 19.0 Å². The number of hydrogen-bond acceptors (Lipinski definition) is 3. The van der Waals surface area contributed by atoms with Crippen LogP contribution < -0.4 is 5.73 Å². The summed E-state index contributed by atoms with van der Waals surface area (Å²) in [5.74, 6) is -0.780. The number of halogens is 3. The molecule has 1 aliphatic heterocycles. The first kappa shape index (κ1) is 16.6. The van der Waals surface area contributed by atoms with Crippen molar-refractivity contribution in [3.8, 4) is 0 Å². The average molecular weight is 316 g/mol. The molecule has 0 radical (unpaired) electrons. The van der Waals surface area contributed by atoms with Gasteiger partial charge >= 0.3 is 12.3 Å². The predicted octanol–water partition coefficient (Wildman–Crippen LogP) is 2.92. The van der Waals surface area contributed by atoms with Gasteiger partial charge in [-0.25, -0.2) is 4.79 Å². The number of piperidine rings is 1. The number of nitrogens with two attached hydrogens (primary N) is 1. The fourth-order valence-corrected chi connectivity index (χ4v) is 2.55. The molecule has 2 N–H and O–H groups in total. The molecule has 1 aliphatic rings. The molecule has 7 heteroatoms. The molecule has 1 fully saturated rings. The highest BCUT2D eigenvalue weighted by Crippen LogP contribution is 2.29. The monoisotopic (exact) mass is 316 g/mol. The molecule has 4 nitrogen and oxygen atoms in total. The van der Waals surface area contributed by atoms with Crippen LogP contribution in [0.4, 0.5) is 18.0 Å². The van der Waals surface area contributed by atoms with Crippen molar-refractivity contribution >= 4 is 6.09 Å². The van der Waals surface area contributed by atoms with Gasteiger partial charge in [0.25, 0.3) is 0 Å². The van der Waals surface area contributed by atoms with Crippen molar-refractivity contribution < 1.29 is 22.7 Å². The number of ether oxygens (including phenoxy) is 1. The maximum atomic E-state index is 12.7. The third kappa shape index (κ3) is 4.37. The van der Waals surface area contributed by atoms with E-state index in [1.807, 2.05) is 30.3 Å². The average Bonchev–Trinajstić information content (AvgIpc) is 2.52. The van der Waals surface area contributed by atoms with Crippen LogP contribution in [0.3, 0.4) is 0 Å². The van der Waals surface area contributed by atoms with Crippen molar-refractivity contribution in [1.82, 2.24) is 4.90 Å². The number of amides is 1. The third-order valence-corrected chi connectivity index (χ3v) is 3.81. The Labute approximate surface area is 127 Å². The zero-order valence-corrected chi connectivity index (χ0v) is 12.1. The van der Waals surface area contributed by atoms with Crippen molar-refractivity contribution in [1.29, 1.82) is 0 Å². The van der Waals surface area contributed by atoms with E-state index in [1.54, 1.807) is 0 Å². The second kappa shape index (κ2) is 7.00. The highest BCUT2D eigenvalue weighted by molar-refractivity contribution is 5.67. The van der Waals surface area contributed by atoms with Crippen LogP contribution in [0, 0.1) is 5.92 Å². The molecule has 0 aromatic heterocycles. The van der Waals surface area contributed by atoms with Gasteiger partial charge in [0.05, 0.1) is 0 Å². The van der Waals surface area contributed by atoms with E-state index < -0.39 is 24.2 Å². The lowest BCUT2D eigenvalue weighted by Crippen LogP contribution is -2.51. The molecular formula is C15H19F3N2O2. The lowest BCUT2D eigenvalue weighted by atomic mass is 9.91. The van der Waals surface area contributed by atoms with E-state index in [2.05, 4.69) is 0 Å². The molecule has 1 aromatic carbocycles. The van der Waals surface area contributed by atoms with Crippen molar-refractivity contribution in [2.24, 2.45) is 11.7 Å². The quantitative estimate of drug-likeness (QED) is 0.933. The summed E-state index contributed by atoms with van der Waals surface area (Å²) in [6.45, 7) is 0.481. The normalized spacial score (nSPS) is 20.5. The number of carbonyl (C=O) groups is 1. The number of likely N-dealkylation sites (tertiary alicyclic amines) is 1. The Morgan fingerprint density at radius 2 is 2.05 bits per heavy atom. The Morgan fingerprint density at radius 1 is 1.36 bits per heavy atom. The summed E-state index contributed by atoms with van der Waals surface area (Å²) in [4.78, 5) is 13.3. The molecule has 122 valence electrons. The summed E-state index contributed by atoms with van der Waals surface area (Å²) in [7, 11) is 0. The first-order chi connectivity index (χ1) is 10.4.